The van der Waals surface area contributed by atoms with Gasteiger partial charge < -0.3 is 24.8 Å². The van der Waals surface area contributed by atoms with Gasteiger partial charge in [0.2, 0.25) is 0 Å². The number of carbonyl (C=O) groups is 3. The fourth-order valence-electron chi connectivity index (χ4n) is 1.19. The number of hydrogen-bond acceptors (Lipinski definition) is 5. The van der Waals surface area contributed by atoms with Crippen molar-refractivity contribution in [1.29, 1.82) is 0 Å². The number of hydrogen-bond donors (Lipinski definition) is 2. The van der Waals surface area contributed by atoms with Gasteiger partial charge in [-0.3, -0.25) is 4.79 Å². The summed E-state index contributed by atoms with van der Waals surface area (Å²) in [7, 11) is 2.92. The van der Waals surface area contributed by atoms with Crippen LogP contribution in [0.1, 0.15) is 12.8 Å². The Labute approximate surface area is 111 Å². The first-order chi connectivity index (χ1) is 8.97. The predicted octanol–water partition coefficient (Wildman–Crippen LogP) is -0.318. The second-order valence-corrected chi connectivity index (χ2v) is 3.78. The van der Waals surface area contributed by atoms with Crippen molar-refractivity contribution in [2.24, 2.45) is 0 Å². The molecule has 0 spiro atoms. The molecule has 8 heteroatoms. The average molecular weight is 276 g/mol. The Bertz CT molecular complexity index is 308. The molecule has 0 aliphatic heterocycles. The second-order valence-electron chi connectivity index (χ2n) is 3.78. The Balaban J connectivity index is 3.59. The van der Waals surface area contributed by atoms with Crippen LogP contribution in [0.4, 0.5) is 4.79 Å². The van der Waals surface area contributed by atoms with Crippen molar-refractivity contribution in [2.75, 3.05) is 40.5 Å². The molecular formula is C11H20N2O6. The monoisotopic (exact) mass is 276 g/mol. The van der Waals surface area contributed by atoms with Gasteiger partial charge in [0.1, 0.15) is 6.61 Å². The van der Waals surface area contributed by atoms with Crippen LogP contribution in [-0.4, -0.2) is 68.4 Å². The molecule has 2 amide bonds. The summed E-state index contributed by atoms with van der Waals surface area (Å²) < 4.78 is 9.24. The van der Waals surface area contributed by atoms with E-state index < -0.39 is 5.97 Å². The van der Waals surface area contributed by atoms with Crippen LogP contribution in [0.25, 0.3) is 0 Å². The zero-order valence-corrected chi connectivity index (χ0v) is 11.2. The lowest BCUT2D eigenvalue weighted by Gasteiger charge is -2.17. The summed E-state index contributed by atoms with van der Waals surface area (Å²) in [6.45, 7) is 0.406. The van der Waals surface area contributed by atoms with Crippen molar-refractivity contribution in [1.82, 2.24) is 10.2 Å². The third kappa shape index (κ3) is 9.83. The molecule has 110 valence electrons. The summed E-state index contributed by atoms with van der Waals surface area (Å²) in [5.41, 5.74) is 0. The van der Waals surface area contributed by atoms with E-state index in [9.17, 15) is 14.4 Å². The molecule has 2 N–H and O–H groups in total. The molecule has 0 aromatic heterocycles. The number of amides is 2. The number of ether oxygens (including phenoxy) is 2. The van der Waals surface area contributed by atoms with E-state index in [1.54, 1.807) is 7.05 Å². The van der Waals surface area contributed by atoms with Gasteiger partial charge in [-0.1, -0.05) is 0 Å². The maximum absolute atomic E-state index is 11.5. The van der Waals surface area contributed by atoms with Crippen LogP contribution in [0.3, 0.4) is 0 Å². The van der Waals surface area contributed by atoms with Crippen LogP contribution in [0.2, 0.25) is 0 Å². The average Bonchev–Trinajstić information content (AvgIpc) is 2.37. The lowest BCUT2D eigenvalue weighted by atomic mass is 10.3. The maximum atomic E-state index is 11.5. The number of rotatable bonds is 9. The maximum Gasteiger partial charge on any atom is 0.329 e. The quantitative estimate of drug-likeness (QED) is 0.442. The van der Waals surface area contributed by atoms with Gasteiger partial charge in [-0.05, 0) is 6.42 Å². The molecule has 0 heterocycles. The minimum absolute atomic E-state index is 0.133. The van der Waals surface area contributed by atoms with Gasteiger partial charge in [0.05, 0.1) is 13.7 Å². The van der Waals surface area contributed by atoms with E-state index in [0.29, 0.717) is 13.0 Å². The van der Waals surface area contributed by atoms with E-state index in [0.717, 1.165) is 0 Å². The van der Waals surface area contributed by atoms with E-state index in [4.69, 9.17) is 9.84 Å². The molecule has 0 saturated heterocycles. The van der Waals surface area contributed by atoms with Crippen LogP contribution < -0.4 is 5.32 Å². The Kier molecular flexibility index (Phi) is 9.15. The molecule has 0 aliphatic carbocycles. The highest BCUT2D eigenvalue weighted by Crippen LogP contribution is 1.95. The Hall–Kier alpha value is -1.83. The van der Waals surface area contributed by atoms with Crippen LogP contribution in [0.15, 0.2) is 0 Å². The van der Waals surface area contributed by atoms with Crippen molar-refractivity contribution in [2.45, 2.75) is 12.8 Å². The molecule has 0 saturated carbocycles. The highest BCUT2D eigenvalue weighted by Gasteiger charge is 2.08. The van der Waals surface area contributed by atoms with Crippen molar-refractivity contribution in [3.63, 3.8) is 0 Å². The van der Waals surface area contributed by atoms with Gasteiger partial charge in [-0.15, -0.1) is 0 Å². The summed E-state index contributed by atoms with van der Waals surface area (Å²) in [6, 6.07) is -0.302. The summed E-state index contributed by atoms with van der Waals surface area (Å²) in [5.74, 6) is -1.36. The molecule has 8 nitrogen and oxygen atoms in total. The van der Waals surface area contributed by atoms with Gasteiger partial charge in [0, 0.05) is 26.6 Å². The number of carboxylic acid groups (broad SMARTS) is 1. The topological polar surface area (TPSA) is 105 Å². The van der Waals surface area contributed by atoms with Crippen LogP contribution in [0.5, 0.6) is 0 Å². The molecule has 0 unspecified atom stereocenters. The number of aliphatic carboxylic acids is 1. The van der Waals surface area contributed by atoms with E-state index in [2.05, 4.69) is 10.1 Å². The lowest BCUT2D eigenvalue weighted by Crippen LogP contribution is -2.39. The van der Waals surface area contributed by atoms with Gasteiger partial charge in [0.15, 0.2) is 0 Å². The normalized spacial score (nSPS) is 9.79. The predicted molar refractivity (Wildman–Crippen MR) is 65.7 cm³/mol. The van der Waals surface area contributed by atoms with Crippen molar-refractivity contribution < 1.29 is 29.0 Å². The van der Waals surface area contributed by atoms with E-state index >= 15 is 0 Å². The number of urea groups is 1. The minimum Gasteiger partial charge on any atom is -0.480 e. The largest absolute Gasteiger partial charge is 0.480 e. The van der Waals surface area contributed by atoms with Crippen LogP contribution in [-0.2, 0) is 19.1 Å². The van der Waals surface area contributed by atoms with E-state index in [-0.39, 0.29) is 38.2 Å². The van der Waals surface area contributed by atoms with Gasteiger partial charge in [-0.25, -0.2) is 9.59 Å². The smallest absolute Gasteiger partial charge is 0.329 e. The molecule has 0 aliphatic rings. The third-order valence-corrected chi connectivity index (χ3v) is 2.20. The highest BCUT2D eigenvalue weighted by atomic mass is 16.5. The van der Waals surface area contributed by atoms with Crippen LogP contribution in [0, 0.1) is 0 Å². The fourth-order valence-corrected chi connectivity index (χ4v) is 1.19. The van der Waals surface area contributed by atoms with Crippen molar-refractivity contribution in [3.8, 4) is 0 Å². The molecular weight excluding hydrogens is 256 g/mol. The standard InChI is InChI=1S/C11H20N2O6/c1-13(6-3-4-10(16)18-2)11(17)12-5-7-19-8-9(14)15/h3-8H2,1-2H3,(H,12,17)(H,14,15). The molecule has 0 radical (unpaired) electrons. The van der Waals surface area contributed by atoms with E-state index in [1.807, 2.05) is 0 Å². The van der Waals surface area contributed by atoms with Crippen molar-refractivity contribution in [3.05, 3.63) is 0 Å². The number of methoxy groups -OCH3 is 1. The third-order valence-electron chi connectivity index (χ3n) is 2.20. The number of esters is 1. The summed E-state index contributed by atoms with van der Waals surface area (Å²) in [6.07, 6.45) is 0.780. The summed E-state index contributed by atoms with van der Waals surface area (Å²) in [5, 5.41) is 10.9. The van der Waals surface area contributed by atoms with Crippen molar-refractivity contribution >= 4 is 18.0 Å². The van der Waals surface area contributed by atoms with Gasteiger partial charge in [-0.2, -0.15) is 0 Å². The number of carboxylic acids is 1. The fraction of sp³-hybridized carbons (Fsp3) is 0.727. The number of nitrogens with zero attached hydrogens (tertiary/aromatic N) is 1. The molecule has 0 aromatic carbocycles. The molecule has 0 bridgehead atoms. The first-order valence-corrected chi connectivity index (χ1v) is 5.82. The SMILES string of the molecule is COC(=O)CCCN(C)C(=O)NCCOCC(=O)O. The lowest BCUT2D eigenvalue weighted by molar-refractivity contribution is -0.142. The zero-order chi connectivity index (χ0) is 14.7. The molecule has 0 fully saturated rings. The highest BCUT2D eigenvalue weighted by molar-refractivity contribution is 5.74. The van der Waals surface area contributed by atoms with E-state index in [1.165, 1.54) is 12.0 Å². The minimum atomic E-state index is -1.05. The first kappa shape index (κ1) is 17.2. The Morgan fingerprint density at radius 2 is 2.00 bits per heavy atom. The van der Waals surface area contributed by atoms with Gasteiger partial charge in [0.25, 0.3) is 0 Å². The molecule has 0 atom stereocenters. The summed E-state index contributed by atoms with van der Waals surface area (Å²) >= 11 is 0. The zero-order valence-electron chi connectivity index (χ0n) is 11.2. The van der Waals surface area contributed by atoms with Gasteiger partial charge >= 0.3 is 18.0 Å². The summed E-state index contributed by atoms with van der Waals surface area (Å²) in [4.78, 5) is 33.9. The number of carbonyl (C=O) groups excluding carboxylic acids is 2. The molecule has 19 heavy (non-hydrogen) atoms. The molecule has 0 rings (SSSR count). The first-order valence-electron chi connectivity index (χ1n) is 5.82. The second kappa shape index (κ2) is 10.1. The Morgan fingerprint density at radius 3 is 2.58 bits per heavy atom. The Morgan fingerprint density at radius 1 is 1.32 bits per heavy atom. The molecule has 0 aromatic rings. The number of nitrogens with one attached hydrogen (secondary N) is 1. The van der Waals surface area contributed by atoms with Crippen LogP contribution >= 0.6 is 0 Å².